The second kappa shape index (κ2) is 8.94. The van der Waals surface area contributed by atoms with Crippen molar-refractivity contribution in [3.63, 3.8) is 0 Å². The van der Waals surface area contributed by atoms with Gasteiger partial charge in [-0.1, -0.05) is 12.1 Å². The minimum Gasteiger partial charge on any atom is -0.381 e. The summed E-state index contributed by atoms with van der Waals surface area (Å²) >= 11 is 0. The fraction of sp³-hybridized carbons (Fsp3) is 0.640. The van der Waals surface area contributed by atoms with Crippen LogP contribution < -0.4 is 5.32 Å². The number of rotatable bonds is 4. The monoisotopic (exact) mass is 439 g/mol. The second-order valence-electron chi connectivity index (χ2n) is 9.79. The smallest absolute Gasteiger partial charge is 0.255 e. The van der Waals surface area contributed by atoms with Crippen LogP contribution in [0.25, 0.3) is 0 Å². The Morgan fingerprint density at radius 2 is 1.72 bits per heavy atom. The largest absolute Gasteiger partial charge is 0.381 e. The van der Waals surface area contributed by atoms with Crippen LogP contribution in [0.1, 0.15) is 78.8 Å². The molecule has 1 unspecified atom stereocenters. The van der Waals surface area contributed by atoms with Gasteiger partial charge in [-0.25, -0.2) is 0 Å². The standard InChI is InChI=1S/C25H33N3O4/c1-32-20-5-3-19(4-6-20)27-12-10-16(11-13-27)17-2-7-21-18(14-17)15-28(25(21)31)22-8-9-23(29)26-24(22)30/h2,7,14,16,19-20,22H,3-6,8-13,15H2,1H3,(H,26,29,30). The van der Waals surface area contributed by atoms with Crippen molar-refractivity contribution in [2.45, 2.75) is 82.0 Å². The zero-order chi connectivity index (χ0) is 22.2. The predicted octanol–water partition coefficient (Wildman–Crippen LogP) is 2.58. The highest BCUT2D eigenvalue weighted by Gasteiger charge is 2.39. The fourth-order valence-electron chi connectivity index (χ4n) is 6.09. The predicted molar refractivity (Wildman–Crippen MR) is 119 cm³/mol. The van der Waals surface area contributed by atoms with Gasteiger partial charge in [0.15, 0.2) is 0 Å². The van der Waals surface area contributed by atoms with E-state index < -0.39 is 6.04 Å². The molecule has 1 aromatic rings. The number of nitrogens with one attached hydrogen (secondary N) is 1. The number of carbonyl (C=O) groups is 3. The Labute approximate surface area is 189 Å². The molecule has 0 spiro atoms. The summed E-state index contributed by atoms with van der Waals surface area (Å²) in [4.78, 5) is 40.9. The number of benzene rings is 1. The number of amides is 3. The van der Waals surface area contributed by atoms with Gasteiger partial charge in [-0.15, -0.1) is 0 Å². The minimum atomic E-state index is -0.549. The summed E-state index contributed by atoms with van der Waals surface area (Å²) in [6.45, 7) is 2.71. The number of carbonyl (C=O) groups excluding carboxylic acids is 3. The molecule has 4 aliphatic rings. The highest BCUT2D eigenvalue weighted by molar-refractivity contribution is 6.05. The molecule has 3 amide bonds. The van der Waals surface area contributed by atoms with Crippen molar-refractivity contribution in [3.8, 4) is 0 Å². The zero-order valence-corrected chi connectivity index (χ0v) is 18.8. The summed E-state index contributed by atoms with van der Waals surface area (Å²) in [6.07, 6.45) is 8.24. The molecule has 3 heterocycles. The third-order valence-electron chi connectivity index (χ3n) is 8.04. The van der Waals surface area contributed by atoms with Gasteiger partial charge < -0.3 is 14.5 Å². The molecule has 0 bridgehead atoms. The quantitative estimate of drug-likeness (QED) is 0.730. The van der Waals surface area contributed by atoms with E-state index in [4.69, 9.17) is 4.74 Å². The van der Waals surface area contributed by atoms with Crippen molar-refractivity contribution in [3.05, 3.63) is 34.9 Å². The van der Waals surface area contributed by atoms with E-state index in [-0.39, 0.29) is 24.1 Å². The normalized spacial score (nSPS) is 29.8. The van der Waals surface area contributed by atoms with Crippen LogP contribution in [0.5, 0.6) is 0 Å². The Hall–Kier alpha value is -2.25. The Kier molecular flexibility index (Phi) is 6.03. The molecular weight excluding hydrogens is 406 g/mol. The Balaban J connectivity index is 1.21. The maximum Gasteiger partial charge on any atom is 0.255 e. The zero-order valence-electron chi connectivity index (χ0n) is 18.8. The Bertz CT molecular complexity index is 900. The van der Waals surface area contributed by atoms with Crippen molar-refractivity contribution >= 4 is 17.7 Å². The summed E-state index contributed by atoms with van der Waals surface area (Å²) in [6, 6.07) is 6.38. The van der Waals surface area contributed by atoms with Gasteiger partial charge in [0, 0.05) is 31.7 Å². The number of methoxy groups -OCH3 is 1. The molecule has 1 saturated carbocycles. The highest BCUT2D eigenvalue weighted by Crippen LogP contribution is 2.35. The SMILES string of the molecule is COC1CCC(N2CCC(c3ccc4c(c3)CN(C3CCC(=O)NC3=O)C4=O)CC2)CC1. The first-order valence-corrected chi connectivity index (χ1v) is 12.1. The molecule has 1 aromatic carbocycles. The molecule has 1 N–H and O–H groups in total. The van der Waals surface area contributed by atoms with E-state index in [1.165, 1.54) is 31.2 Å². The minimum absolute atomic E-state index is 0.0949. The molecule has 2 saturated heterocycles. The lowest BCUT2D eigenvalue weighted by Crippen LogP contribution is -2.52. The maximum atomic E-state index is 12.9. The third kappa shape index (κ3) is 4.08. The van der Waals surface area contributed by atoms with Crippen molar-refractivity contribution in [2.24, 2.45) is 0 Å². The summed E-state index contributed by atoms with van der Waals surface area (Å²) in [7, 11) is 1.82. The van der Waals surface area contributed by atoms with E-state index in [1.54, 1.807) is 4.90 Å². The first kappa shape index (κ1) is 21.6. The van der Waals surface area contributed by atoms with Crippen LogP contribution in [0.2, 0.25) is 0 Å². The number of hydrogen-bond acceptors (Lipinski definition) is 5. The fourth-order valence-corrected chi connectivity index (χ4v) is 6.09. The first-order chi connectivity index (χ1) is 15.5. The average molecular weight is 440 g/mol. The van der Waals surface area contributed by atoms with E-state index in [1.807, 2.05) is 13.2 Å². The number of likely N-dealkylation sites (tertiary alicyclic amines) is 1. The van der Waals surface area contributed by atoms with Crippen molar-refractivity contribution < 1.29 is 19.1 Å². The molecule has 7 nitrogen and oxygen atoms in total. The van der Waals surface area contributed by atoms with Gasteiger partial charge in [0.1, 0.15) is 6.04 Å². The van der Waals surface area contributed by atoms with Gasteiger partial charge in [0.25, 0.3) is 5.91 Å². The number of piperidine rings is 2. The number of fused-ring (bicyclic) bond motifs is 1. The molecule has 3 aliphatic heterocycles. The molecular formula is C25H33N3O4. The lowest BCUT2D eigenvalue weighted by Gasteiger charge is -2.40. The first-order valence-electron chi connectivity index (χ1n) is 12.1. The number of hydrogen-bond donors (Lipinski definition) is 1. The Morgan fingerprint density at radius 1 is 0.969 bits per heavy atom. The summed E-state index contributed by atoms with van der Waals surface area (Å²) in [5, 5.41) is 2.37. The van der Waals surface area contributed by atoms with E-state index in [2.05, 4.69) is 22.3 Å². The average Bonchev–Trinajstić information content (AvgIpc) is 3.15. The van der Waals surface area contributed by atoms with Gasteiger partial charge in [-0.3, -0.25) is 19.7 Å². The van der Waals surface area contributed by atoms with E-state index in [0.29, 0.717) is 36.6 Å². The Morgan fingerprint density at radius 3 is 2.41 bits per heavy atom. The van der Waals surface area contributed by atoms with Crippen LogP contribution in [-0.2, 0) is 20.9 Å². The summed E-state index contributed by atoms with van der Waals surface area (Å²) < 4.78 is 5.52. The van der Waals surface area contributed by atoms with Gasteiger partial charge in [-0.05, 0) is 81.1 Å². The summed E-state index contributed by atoms with van der Waals surface area (Å²) in [5.74, 6) is -0.181. The van der Waals surface area contributed by atoms with Gasteiger partial charge in [0.05, 0.1) is 6.10 Å². The molecule has 3 fully saturated rings. The molecule has 1 atom stereocenters. The van der Waals surface area contributed by atoms with Crippen LogP contribution in [-0.4, -0.2) is 65.9 Å². The number of nitrogens with zero attached hydrogens (tertiary/aromatic N) is 2. The third-order valence-corrected chi connectivity index (χ3v) is 8.04. The molecule has 7 heteroatoms. The number of imide groups is 1. The van der Waals surface area contributed by atoms with Crippen LogP contribution in [0.15, 0.2) is 18.2 Å². The molecule has 0 radical (unpaired) electrons. The lowest BCUT2D eigenvalue weighted by atomic mass is 9.85. The van der Waals surface area contributed by atoms with Crippen LogP contribution >= 0.6 is 0 Å². The second-order valence-corrected chi connectivity index (χ2v) is 9.79. The van der Waals surface area contributed by atoms with Crippen LogP contribution in [0, 0.1) is 0 Å². The van der Waals surface area contributed by atoms with Crippen LogP contribution in [0.3, 0.4) is 0 Å². The molecule has 172 valence electrons. The van der Waals surface area contributed by atoms with E-state index in [9.17, 15) is 14.4 Å². The molecule has 5 rings (SSSR count). The topological polar surface area (TPSA) is 79.0 Å². The van der Waals surface area contributed by atoms with E-state index >= 15 is 0 Å². The van der Waals surface area contributed by atoms with Crippen molar-refractivity contribution in [1.82, 2.24) is 15.1 Å². The van der Waals surface area contributed by atoms with Crippen molar-refractivity contribution in [2.75, 3.05) is 20.2 Å². The molecule has 1 aliphatic carbocycles. The lowest BCUT2D eigenvalue weighted by molar-refractivity contribution is -0.136. The van der Waals surface area contributed by atoms with Gasteiger partial charge in [-0.2, -0.15) is 0 Å². The molecule has 32 heavy (non-hydrogen) atoms. The molecule has 0 aromatic heterocycles. The number of ether oxygens (including phenoxy) is 1. The van der Waals surface area contributed by atoms with Crippen molar-refractivity contribution in [1.29, 1.82) is 0 Å². The van der Waals surface area contributed by atoms with Gasteiger partial charge >= 0.3 is 0 Å². The van der Waals surface area contributed by atoms with Gasteiger partial charge in [0.2, 0.25) is 11.8 Å². The summed E-state index contributed by atoms with van der Waals surface area (Å²) in [5.41, 5.74) is 3.02. The van der Waals surface area contributed by atoms with Crippen LogP contribution in [0.4, 0.5) is 0 Å². The maximum absolute atomic E-state index is 12.9. The highest BCUT2D eigenvalue weighted by atomic mass is 16.5. The van der Waals surface area contributed by atoms with E-state index in [0.717, 1.165) is 31.5 Å².